The number of ether oxygens (including phenoxy) is 1. The van der Waals surface area contributed by atoms with Crippen LogP contribution in [0.2, 0.25) is 0 Å². The van der Waals surface area contributed by atoms with Crippen molar-refractivity contribution < 1.29 is 4.74 Å². The summed E-state index contributed by atoms with van der Waals surface area (Å²) in [5, 5.41) is 0. The topological polar surface area (TPSA) is 15.7 Å². The van der Waals surface area contributed by atoms with Crippen molar-refractivity contribution in [3.05, 3.63) is 54.1 Å². The number of rotatable bonds is 5. The third-order valence-corrected chi connectivity index (χ3v) is 6.10. The van der Waals surface area contributed by atoms with Gasteiger partial charge in [0.2, 0.25) is 0 Å². The minimum atomic E-state index is 0.630. The number of nitrogens with zero attached hydrogens (tertiary/aromatic N) is 2. The second-order valence-electron chi connectivity index (χ2n) is 8.23. The van der Waals surface area contributed by atoms with Crippen LogP contribution in [0.4, 0.5) is 11.4 Å². The molecule has 0 radical (unpaired) electrons. The van der Waals surface area contributed by atoms with Gasteiger partial charge in [0.15, 0.2) is 0 Å². The molecule has 2 fully saturated rings. The monoisotopic (exact) mass is 378 g/mol. The van der Waals surface area contributed by atoms with Crippen LogP contribution in [0.1, 0.15) is 56.9 Å². The Labute approximate surface area is 170 Å². The van der Waals surface area contributed by atoms with Crippen molar-refractivity contribution in [3.63, 3.8) is 0 Å². The van der Waals surface area contributed by atoms with Crippen LogP contribution in [-0.2, 0) is 6.61 Å². The highest BCUT2D eigenvalue weighted by atomic mass is 16.5. The fourth-order valence-electron chi connectivity index (χ4n) is 4.45. The maximum Gasteiger partial charge on any atom is 0.143 e. The molecule has 3 heteroatoms. The van der Waals surface area contributed by atoms with E-state index < -0.39 is 0 Å². The Bertz CT molecular complexity index is 715. The third-order valence-electron chi connectivity index (χ3n) is 6.10. The lowest BCUT2D eigenvalue weighted by molar-refractivity contribution is 0.306. The molecule has 0 atom stereocenters. The molecule has 4 rings (SSSR count). The lowest BCUT2D eigenvalue weighted by Gasteiger charge is -2.29. The Morgan fingerprint density at radius 3 is 1.89 bits per heavy atom. The summed E-state index contributed by atoms with van der Waals surface area (Å²) in [6.07, 6.45) is 10.6. The van der Waals surface area contributed by atoms with Gasteiger partial charge >= 0.3 is 0 Å². The number of benzene rings is 2. The van der Waals surface area contributed by atoms with Crippen LogP contribution in [0.25, 0.3) is 0 Å². The van der Waals surface area contributed by atoms with Crippen LogP contribution >= 0.6 is 0 Å². The molecule has 0 saturated carbocycles. The average molecular weight is 379 g/mol. The van der Waals surface area contributed by atoms with Crippen molar-refractivity contribution in [3.8, 4) is 5.75 Å². The van der Waals surface area contributed by atoms with Crippen molar-refractivity contribution >= 4 is 11.4 Å². The second-order valence-corrected chi connectivity index (χ2v) is 8.23. The fourth-order valence-corrected chi connectivity index (χ4v) is 4.45. The van der Waals surface area contributed by atoms with Crippen LogP contribution in [0.15, 0.2) is 48.5 Å². The van der Waals surface area contributed by atoms with E-state index in [1.165, 1.54) is 81.4 Å². The van der Waals surface area contributed by atoms with Gasteiger partial charge in [-0.3, -0.25) is 0 Å². The first-order valence-electron chi connectivity index (χ1n) is 11.2. The van der Waals surface area contributed by atoms with Gasteiger partial charge in [0.05, 0.1) is 5.69 Å². The van der Waals surface area contributed by atoms with Crippen LogP contribution in [0, 0.1) is 0 Å². The highest BCUT2D eigenvalue weighted by molar-refractivity contribution is 5.67. The molecule has 28 heavy (non-hydrogen) atoms. The van der Waals surface area contributed by atoms with E-state index in [1.807, 2.05) is 0 Å². The third kappa shape index (κ3) is 5.01. The van der Waals surface area contributed by atoms with Crippen LogP contribution in [0.3, 0.4) is 0 Å². The molecule has 0 unspecified atom stereocenters. The van der Waals surface area contributed by atoms with E-state index in [4.69, 9.17) is 4.74 Å². The van der Waals surface area contributed by atoms with Crippen molar-refractivity contribution in [2.45, 2.75) is 58.0 Å². The quantitative estimate of drug-likeness (QED) is 0.632. The van der Waals surface area contributed by atoms with E-state index in [1.54, 1.807) is 0 Å². The summed E-state index contributed by atoms with van der Waals surface area (Å²) >= 11 is 0. The summed E-state index contributed by atoms with van der Waals surface area (Å²) in [6, 6.07) is 17.4. The molecule has 0 aliphatic carbocycles. The van der Waals surface area contributed by atoms with Crippen LogP contribution in [0.5, 0.6) is 5.75 Å². The molecule has 2 heterocycles. The molecule has 2 aliphatic rings. The second kappa shape index (κ2) is 9.86. The summed E-state index contributed by atoms with van der Waals surface area (Å²) in [7, 11) is 0. The first-order valence-corrected chi connectivity index (χ1v) is 11.2. The average Bonchev–Trinajstić information content (AvgIpc) is 3.18. The normalized spacial score (nSPS) is 18.4. The van der Waals surface area contributed by atoms with Crippen molar-refractivity contribution in [2.24, 2.45) is 0 Å². The van der Waals surface area contributed by atoms with Gasteiger partial charge in [-0.2, -0.15) is 0 Å². The van der Waals surface area contributed by atoms with Gasteiger partial charge in [-0.15, -0.1) is 0 Å². The zero-order valence-corrected chi connectivity index (χ0v) is 17.1. The highest BCUT2D eigenvalue weighted by Gasteiger charge is 2.18. The summed E-state index contributed by atoms with van der Waals surface area (Å²) in [5.74, 6) is 1.03. The highest BCUT2D eigenvalue weighted by Crippen LogP contribution is 2.35. The molecule has 2 aliphatic heterocycles. The van der Waals surface area contributed by atoms with E-state index in [2.05, 4.69) is 58.3 Å². The Morgan fingerprint density at radius 2 is 1.25 bits per heavy atom. The molecule has 2 saturated heterocycles. The number of hydrogen-bond acceptors (Lipinski definition) is 3. The lowest BCUT2D eigenvalue weighted by Crippen LogP contribution is -2.27. The fraction of sp³-hybridized carbons (Fsp3) is 0.520. The largest absolute Gasteiger partial charge is 0.487 e. The van der Waals surface area contributed by atoms with Crippen LogP contribution < -0.4 is 14.5 Å². The Balaban J connectivity index is 1.57. The summed E-state index contributed by atoms with van der Waals surface area (Å²) in [5.41, 5.74) is 3.88. The standard InChI is InChI=1S/C25H34N2O/c1-2-9-17-26(16-8-1)23-14-15-25(28-21-22-12-6-5-7-13-22)24(20-23)27-18-10-3-4-11-19-27/h5-7,12-15,20H,1-4,8-11,16-19,21H2. The Hall–Kier alpha value is -2.16. The minimum Gasteiger partial charge on any atom is -0.487 e. The predicted octanol–water partition coefficient (Wildman–Crippen LogP) is 6.03. The summed E-state index contributed by atoms with van der Waals surface area (Å²) in [6.45, 7) is 5.29. The molecule has 2 aromatic rings. The van der Waals surface area contributed by atoms with E-state index in [-0.39, 0.29) is 0 Å². The maximum atomic E-state index is 6.32. The Kier molecular flexibility index (Phi) is 6.75. The van der Waals surface area contributed by atoms with Gasteiger partial charge in [-0.05, 0) is 49.4 Å². The molecular weight excluding hydrogens is 344 g/mol. The van der Waals surface area contributed by atoms with Gasteiger partial charge in [0.1, 0.15) is 12.4 Å². The van der Waals surface area contributed by atoms with E-state index in [0.717, 1.165) is 18.8 Å². The maximum absolute atomic E-state index is 6.32. The van der Waals surface area contributed by atoms with Crippen molar-refractivity contribution in [1.29, 1.82) is 0 Å². The molecule has 0 spiro atoms. The van der Waals surface area contributed by atoms with E-state index in [9.17, 15) is 0 Å². The number of hydrogen-bond donors (Lipinski definition) is 0. The number of anilines is 2. The van der Waals surface area contributed by atoms with Gasteiger partial charge < -0.3 is 14.5 Å². The zero-order chi connectivity index (χ0) is 19.0. The lowest BCUT2D eigenvalue weighted by atomic mass is 10.2. The molecule has 0 bridgehead atoms. The van der Waals surface area contributed by atoms with Crippen molar-refractivity contribution in [1.82, 2.24) is 0 Å². The first kappa shape index (κ1) is 19.2. The van der Waals surface area contributed by atoms with Gasteiger partial charge in [0, 0.05) is 31.9 Å². The van der Waals surface area contributed by atoms with E-state index in [0.29, 0.717) is 6.61 Å². The SMILES string of the molecule is c1ccc(COc2ccc(N3CCCCCC3)cc2N2CCCCCC2)cc1. The summed E-state index contributed by atoms with van der Waals surface area (Å²) in [4.78, 5) is 5.14. The molecule has 3 nitrogen and oxygen atoms in total. The molecule has 0 aromatic heterocycles. The zero-order valence-electron chi connectivity index (χ0n) is 17.1. The minimum absolute atomic E-state index is 0.630. The van der Waals surface area contributed by atoms with Crippen LogP contribution in [-0.4, -0.2) is 26.2 Å². The smallest absolute Gasteiger partial charge is 0.143 e. The molecule has 150 valence electrons. The van der Waals surface area contributed by atoms with Gasteiger partial charge in [-0.1, -0.05) is 56.0 Å². The van der Waals surface area contributed by atoms with Gasteiger partial charge in [-0.25, -0.2) is 0 Å². The first-order chi connectivity index (χ1) is 13.9. The van der Waals surface area contributed by atoms with Gasteiger partial charge in [0.25, 0.3) is 0 Å². The molecule has 0 N–H and O–H groups in total. The molecular formula is C25H34N2O. The predicted molar refractivity (Wildman–Crippen MR) is 119 cm³/mol. The summed E-state index contributed by atoms with van der Waals surface area (Å²) < 4.78 is 6.32. The van der Waals surface area contributed by atoms with E-state index >= 15 is 0 Å². The van der Waals surface area contributed by atoms with Crippen molar-refractivity contribution in [2.75, 3.05) is 36.0 Å². The molecule has 0 amide bonds. The Morgan fingerprint density at radius 1 is 0.643 bits per heavy atom. The molecule has 2 aromatic carbocycles.